The molecular weight excluding hydrogens is 304 g/mol. The zero-order valence-electron chi connectivity index (χ0n) is 11.3. The van der Waals surface area contributed by atoms with Gasteiger partial charge in [-0.05, 0) is 41.6 Å². The molecule has 0 saturated carbocycles. The molecule has 0 saturated heterocycles. The predicted molar refractivity (Wildman–Crippen MR) is 83.0 cm³/mol. The highest BCUT2D eigenvalue weighted by Gasteiger charge is 2.13. The van der Waals surface area contributed by atoms with E-state index in [9.17, 15) is 4.79 Å². The summed E-state index contributed by atoms with van der Waals surface area (Å²) in [7, 11) is 0. The standard InChI is InChI=1S/C16H11ClN2O3/c17-11-5-7-12(8-6-11)18-15(20)13-9-10-3-1-2-4-14(10)22-16(13)19-21/h1-9,21H,(H,18,20). The number of nitrogens with one attached hydrogen (secondary N) is 1. The molecular formula is C16H11ClN2O3. The van der Waals surface area contributed by atoms with Gasteiger partial charge in [0.2, 0.25) is 0 Å². The van der Waals surface area contributed by atoms with Gasteiger partial charge >= 0.3 is 0 Å². The van der Waals surface area contributed by atoms with E-state index in [1.165, 1.54) is 0 Å². The van der Waals surface area contributed by atoms with Crippen molar-refractivity contribution < 1.29 is 14.4 Å². The molecule has 0 fully saturated rings. The first-order valence-electron chi connectivity index (χ1n) is 6.45. The van der Waals surface area contributed by atoms with Crippen LogP contribution in [0, 0.1) is 0 Å². The maximum absolute atomic E-state index is 12.3. The van der Waals surface area contributed by atoms with Crippen molar-refractivity contribution in [1.82, 2.24) is 0 Å². The molecule has 3 aromatic rings. The molecule has 0 bridgehead atoms. The van der Waals surface area contributed by atoms with Gasteiger partial charge in [-0.15, -0.1) is 0 Å². The number of halogens is 1. The molecule has 0 radical (unpaired) electrons. The largest absolute Gasteiger partial charge is 0.435 e. The van der Waals surface area contributed by atoms with E-state index in [1.807, 2.05) is 6.07 Å². The maximum atomic E-state index is 12.3. The molecule has 1 aromatic heterocycles. The third-order valence-electron chi connectivity index (χ3n) is 3.09. The molecule has 5 nitrogen and oxygen atoms in total. The Bertz CT molecular complexity index is 901. The van der Waals surface area contributed by atoms with Crippen LogP contribution in [0.5, 0.6) is 0 Å². The van der Waals surface area contributed by atoms with Gasteiger partial charge in [-0.2, -0.15) is 0 Å². The quantitative estimate of drug-likeness (QED) is 0.560. The number of hydrogen-bond donors (Lipinski definition) is 2. The molecule has 2 aromatic carbocycles. The molecule has 0 aliphatic heterocycles. The predicted octanol–water partition coefficient (Wildman–Crippen LogP) is 3.63. The third kappa shape index (κ3) is 2.80. The average Bonchev–Trinajstić information content (AvgIpc) is 2.55. The van der Waals surface area contributed by atoms with Crippen molar-refractivity contribution in [2.75, 3.05) is 5.32 Å². The summed E-state index contributed by atoms with van der Waals surface area (Å²) in [5, 5.41) is 16.1. The Morgan fingerprint density at radius 3 is 2.59 bits per heavy atom. The Morgan fingerprint density at radius 2 is 1.86 bits per heavy atom. The topological polar surface area (TPSA) is 74.8 Å². The molecule has 6 heteroatoms. The SMILES string of the molecule is O=C(Nc1ccc(Cl)cc1)c1cc2ccccc2oc1=NO. The summed E-state index contributed by atoms with van der Waals surface area (Å²) < 4.78 is 5.42. The van der Waals surface area contributed by atoms with Gasteiger partial charge in [0, 0.05) is 16.1 Å². The maximum Gasteiger partial charge on any atom is 0.268 e. The first-order chi connectivity index (χ1) is 10.7. The molecule has 0 atom stereocenters. The van der Waals surface area contributed by atoms with Crippen molar-refractivity contribution in [3.8, 4) is 0 Å². The van der Waals surface area contributed by atoms with Gasteiger partial charge < -0.3 is 14.9 Å². The smallest absolute Gasteiger partial charge is 0.268 e. The van der Waals surface area contributed by atoms with Crippen molar-refractivity contribution in [3.63, 3.8) is 0 Å². The van der Waals surface area contributed by atoms with Gasteiger partial charge in [0.15, 0.2) is 0 Å². The van der Waals surface area contributed by atoms with E-state index in [2.05, 4.69) is 10.5 Å². The molecule has 1 amide bonds. The fraction of sp³-hybridized carbons (Fsp3) is 0. The van der Waals surface area contributed by atoms with E-state index in [0.717, 1.165) is 5.39 Å². The van der Waals surface area contributed by atoms with Crippen molar-refractivity contribution in [2.45, 2.75) is 0 Å². The zero-order valence-corrected chi connectivity index (χ0v) is 12.0. The number of fused-ring (bicyclic) bond motifs is 1. The number of amides is 1. The molecule has 0 spiro atoms. The summed E-state index contributed by atoms with van der Waals surface area (Å²) in [5.41, 5.74) is 1.09. The van der Waals surface area contributed by atoms with Crippen LogP contribution in [0.2, 0.25) is 5.02 Å². The first kappa shape index (κ1) is 14.2. The third-order valence-corrected chi connectivity index (χ3v) is 3.35. The van der Waals surface area contributed by atoms with Crippen molar-refractivity contribution in [1.29, 1.82) is 0 Å². The second-order valence-electron chi connectivity index (χ2n) is 4.56. The van der Waals surface area contributed by atoms with Crippen LogP contribution in [0.3, 0.4) is 0 Å². The average molecular weight is 315 g/mol. The number of benzene rings is 2. The second kappa shape index (κ2) is 5.91. The van der Waals surface area contributed by atoms with Crippen LogP contribution in [0.25, 0.3) is 11.0 Å². The van der Waals surface area contributed by atoms with Crippen LogP contribution in [0.4, 0.5) is 5.69 Å². The number of para-hydroxylation sites is 1. The highest BCUT2D eigenvalue weighted by molar-refractivity contribution is 6.30. The summed E-state index contributed by atoms with van der Waals surface area (Å²) in [5.74, 6) is -0.440. The van der Waals surface area contributed by atoms with Gasteiger partial charge in [-0.1, -0.05) is 29.8 Å². The van der Waals surface area contributed by atoms with Gasteiger partial charge in [0.1, 0.15) is 11.1 Å². The molecule has 3 rings (SSSR count). The Kier molecular flexibility index (Phi) is 3.80. The number of rotatable bonds is 2. The number of hydrogen-bond acceptors (Lipinski definition) is 4. The van der Waals surface area contributed by atoms with E-state index >= 15 is 0 Å². The van der Waals surface area contributed by atoms with Crippen LogP contribution in [-0.2, 0) is 0 Å². The first-order valence-corrected chi connectivity index (χ1v) is 6.83. The second-order valence-corrected chi connectivity index (χ2v) is 5.00. The monoisotopic (exact) mass is 314 g/mol. The van der Waals surface area contributed by atoms with Gasteiger partial charge in [0.05, 0.1) is 0 Å². The normalized spacial score (nSPS) is 11.6. The molecule has 1 heterocycles. The Balaban J connectivity index is 2.01. The van der Waals surface area contributed by atoms with Gasteiger partial charge in [0.25, 0.3) is 11.5 Å². The van der Waals surface area contributed by atoms with Crippen LogP contribution < -0.4 is 10.9 Å². The van der Waals surface area contributed by atoms with Crippen molar-refractivity contribution >= 4 is 34.2 Å². The lowest BCUT2D eigenvalue weighted by atomic mass is 10.1. The Hall–Kier alpha value is -2.79. The number of carbonyl (C=O) groups is 1. The molecule has 0 unspecified atom stereocenters. The van der Waals surface area contributed by atoms with Crippen LogP contribution >= 0.6 is 11.6 Å². The van der Waals surface area contributed by atoms with E-state index in [4.69, 9.17) is 21.2 Å². The fourth-order valence-corrected chi connectivity index (χ4v) is 2.16. The number of nitrogens with zero attached hydrogens (tertiary/aromatic N) is 1. The lowest BCUT2D eigenvalue weighted by Crippen LogP contribution is -2.21. The molecule has 0 aliphatic carbocycles. The van der Waals surface area contributed by atoms with Gasteiger partial charge in [-0.25, -0.2) is 0 Å². The Morgan fingerprint density at radius 1 is 1.14 bits per heavy atom. The molecule has 0 aliphatic rings. The van der Waals surface area contributed by atoms with Crippen molar-refractivity contribution in [3.05, 3.63) is 70.7 Å². The summed E-state index contributed by atoms with van der Waals surface area (Å²) >= 11 is 5.80. The van der Waals surface area contributed by atoms with E-state index < -0.39 is 5.91 Å². The van der Waals surface area contributed by atoms with Gasteiger partial charge in [-0.3, -0.25) is 4.79 Å². The van der Waals surface area contributed by atoms with Crippen molar-refractivity contribution in [2.24, 2.45) is 5.16 Å². The van der Waals surface area contributed by atoms with E-state index in [-0.39, 0.29) is 11.1 Å². The summed E-state index contributed by atoms with van der Waals surface area (Å²) in [6, 6.07) is 15.4. The highest BCUT2D eigenvalue weighted by Crippen LogP contribution is 2.16. The molecule has 110 valence electrons. The minimum absolute atomic E-state index is 0.135. The van der Waals surface area contributed by atoms with Crippen LogP contribution in [0.1, 0.15) is 10.4 Å². The summed E-state index contributed by atoms with van der Waals surface area (Å²) in [6.07, 6.45) is 0. The highest BCUT2D eigenvalue weighted by atomic mass is 35.5. The molecule has 2 N–H and O–H groups in total. The lowest BCUT2D eigenvalue weighted by molar-refractivity contribution is 0.102. The van der Waals surface area contributed by atoms with E-state index in [0.29, 0.717) is 16.3 Å². The minimum Gasteiger partial charge on any atom is -0.435 e. The van der Waals surface area contributed by atoms with Crippen LogP contribution in [-0.4, -0.2) is 11.1 Å². The number of carbonyl (C=O) groups excluding carboxylic acids is 1. The van der Waals surface area contributed by atoms with Crippen LogP contribution in [0.15, 0.2) is 64.2 Å². The summed E-state index contributed by atoms with van der Waals surface area (Å²) in [6.45, 7) is 0. The zero-order chi connectivity index (χ0) is 15.5. The number of anilines is 1. The lowest BCUT2D eigenvalue weighted by Gasteiger charge is -2.06. The Labute approximate surface area is 130 Å². The minimum atomic E-state index is -0.440. The fourth-order valence-electron chi connectivity index (χ4n) is 2.04. The van der Waals surface area contributed by atoms with E-state index in [1.54, 1.807) is 48.5 Å². The summed E-state index contributed by atoms with van der Waals surface area (Å²) in [4.78, 5) is 12.3. The molecule has 22 heavy (non-hydrogen) atoms.